The van der Waals surface area contributed by atoms with Gasteiger partial charge in [-0.1, -0.05) is 12.8 Å². The molecule has 0 bridgehead atoms. The molecule has 8 heteroatoms. The number of carbonyl (C=O) groups is 3. The molecule has 2 fully saturated rings. The summed E-state index contributed by atoms with van der Waals surface area (Å²) in [6.07, 6.45) is 9.43. The molecule has 0 aromatic carbocycles. The number of hydrogen-bond acceptors (Lipinski definition) is 5. The van der Waals surface area contributed by atoms with Crippen LogP contribution >= 0.6 is 11.8 Å². The van der Waals surface area contributed by atoms with Gasteiger partial charge in [-0.25, -0.2) is 0 Å². The molecule has 3 amide bonds. The molecule has 2 aromatic rings. The van der Waals surface area contributed by atoms with Crippen molar-refractivity contribution in [2.45, 2.75) is 39.5 Å². The predicted molar refractivity (Wildman–Crippen MR) is 121 cm³/mol. The molecule has 2 saturated heterocycles. The first-order chi connectivity index (χ1) is 15.0. The molecule has 0 aliphatic carbocycles. The molecule has 0 N–H and O–H groups in total. The maximum absolute atomic E-state index is 12.9. The van der Waals surface area contributed by atoms with Crippen molar-refractivity contribution in [1.29, 1.82) is 0 Å². The first kappa shape index (κ1) is 21.4. The summed E-state index contributed by atoms with van der Waals surface area (Å²) in [5, 5.41) is -0.388. The van der Waals surface area contributed by atoms with Crippen LogP contribution in [0.4, 0.5) is 4.79 Å². The molecule has 4 rings (SSSR count). The van der Waals surface area contributed by atoms with Crippen molar-refractivity contribution in [3.8, 4) is 5.69 Å². The highest BCUT2D eigenvalue weighted by Gasteiger charge is 2.37. The van der Waals surface area contributed by atoms with Crippen molar-refractivity contribution >= 4 is 34.9 Å². The molecular weight excluding hydrogens is 412 g/mol. The molecule has 0 spiro atoms. The molecule has 2 aliphatic heterocycles. The first-order valence-electron chi connectivity index (χ1n) is 10.6. The lowest BCUT2D eigenvalue weighted by Crippen LogP contribution is -2.42. The number of hydrogen-bond donors (Lipinski definition) is 0. The van der Waals surface area contributed by atoms with E-state index in [9.17, 15) is 14.4 Å². The number of thioether (sulfide) groups is 1. The normalized spacial score (nSPS) is 18.7. The highest BCUT2D eigenvalue weighted by molar-refractivity contribution is 8.18. The Bertz CT molecular complexity index is 1040. The van der Waals surface area contributed by atoms with Gasteiger partial charge in [-0.05, 0) is 68.3 Å². The van der Waals surface area contributed by atoms with Crippen LogP contribution < -0.4 is 0 Å². The lowest BCUT2D eigenvalue weighted by Gasteiger charge is -2.22. The number of aryl methyl sites for hydroxylation is 1. The zero-order chi connectivity index (χ0) is 22.0. The number of pyridine rings is 1. The smallest absolute Gasteiger partial charge is 0.294 e. The fraction of sp³-hybridized carbons (Fsp3) is 0.391. The van der Waals surface area contributed by atoms with Crippen LogP contribution in [0.5, 0.6) is 0 Å². The fourth-order valence-corrected chi connectivity index (χ4v) is 4.98. The Morgan fingerprint density at radius 1 is 1.16 bits per heavy atom. The molecular formula is C23H26N4O3S. The molecule has 0 radical (unpaired) electrons. The summed E-state index contributed by atoms with van der Waals surface area (Å²) >= 11 is 0.895. The minimum Gasteiger partial charge on any atom is -0.341 e. The summed E-state index contributed by atoms with van der Waals surface area (Å²) in [4.78, 5) is 45.4. The molecule has 2 aromatic heterocycles. The Morgan fingerprint density at radius 2 is 1.90 bits per heavy atom. The number of imide groups is 1. The minimum absolute atomic E-state index is 0.153. The molecule has 4 heterocycles. The Balaban J connectivity index is 1.53. The van der Waals surface area contributed by atoms with Gasteiger partial charge in [0.15, 0.2) is 0 Å². The van der Waals surface area contributed by atoms with Gasteiger partial charge in [-0.15, -0.1) is 0 Å². The van der Waals surface area contributed by atoms with E-state index in [4.69, 9.17) is 0 Å². The summed E-state index contributed by atoms with van der Waals surface area (Å²) in [7, 11) is 0. The van der Waals surface area contributed by atoms with Gasteiger partial charge in [0, 0.05) is 30.7 Å². The standard InChI is InChI=1S/C23H26N4O3S/c1-16-12-18(17(2)27(16)19-8-7-9-24-14-19)13-20-22(29)26(23(30)31-20)15-21(28)25-10-5-3-4-6-11-25/h7-9,12-14H,3-6,10-11,15H2,1-2H3. The fourth-order valence-electron chi connectivity index (χ4n) is 4.15. The van der Waals surface area contributed by atoms with E-state index in [1.54, 1.807) is 23.4 Å². The Morgan fingerprint density at radius 3 is 2.58 bits per heavy atom. The second kappa shape index (κ2) is 9.09. The van der Waals surface area contributed by atoms with Crippen LogP contribution in [0.15, 0.2) is 35.5 Å². The third-order valence-electron chi connectivity index (χ3n) is 5.79. The van der Waals surface area contributed by atoms with E-state index >= 15 is 0 Å². The van der Waals surface area contributed by atoms with E-state index in [1.165, 1.54) is 0 Å². The Hall–Kier alpha value is -2.87. The van der Waals surface area contributed by atoms with Crippen molar-refractivity contribution in [3.63, 3.8) is 0 Å². The number of carbonyl (C=O) groups excluding carboxylic acids is 3. The van der Waals surface area contributed by atoms with E-state index in [0.29, 0.717) is 18.0 Å². The van der Waals surface area contributed by atoms with Crippen LogP contribution in [0, 0.1) is 13.8 Å². The molecule has 0 atom stereocenters. The predicted octanol–water partition coefficient (Wildman–Crippen LogP) is 3.93. The first-order valence-corrected chi connectivity index (χ1v) is 11.4. The third-order valence-corrected chi connectivity index (χ3v) is 6.69. The van der Waals surface area contributed by atoms with Gasteiger partial charge in [0.1, 0.15) is 6.54 Å². The largest absolute Gasteiger partial charge is 0.341 e. The third kappa shape index (κ3) is 4.44. The molecule has 7 nitrogen and oxygen atoms in total. The van der Waals surface area contributed by atoms with E-state index in [2.05, 4.69) is 9.55 Å². The number of nitrogens with zero attached hydrogens (tertiary/aromatic N) is 4. The van der Waals surface area contributed by atoms with Crippen molar-refractivity contribution in [2.24, 2.45) is 0 Å². The Labute approximate surface area is 186 Å². The maximum Gasteiger partial charge on any atom is 0.294 e. The van der Waals surface area contributed by atoms with Gasteiger partial charge in [-0.3, -0.25) is 24.3 Å². The van der Waals surface area contributed by atoms with Gasteiger partial charge in [0.2, 0.25) is 5.91 Å². The van der Waals surface area contributed by atoms with Crippen LogP contribution in [0.1, 0.15) is 42.6 Å². The van der Waals surface area contributed by atoms with E-state index < -0.39 is 5.91 Å². The lowest BCUT2D eigenvalue weighted by atomic mass is 10.2. The number of amides is 3. The maximum atomic E-state index is 12.9. The molecule has 0 unspecified atom stereocenters. The van der Waals surface area contributed by atoms with Gasteiger partial charge in [0.05, 0.1) is 16.8 Å². The van der Waals surface area contributed by atoms with Crippen molar-refractivity contribution in [2.75, 3.05) is 19.6 Å². The topological polar surface area (TPSA) is 75.5 Å². The van der Waals surface area contributed by atoms with Gasteiger partial charge in [-0.2, -0.15) is 0 Å². The number of rotatable bonds is 4. The van der Waals surface area contributed by atoms with E-state index in [1.807, 2.05) is 32.0 Å². The summed E-state index contributed by atoms with van der Waals surface area (Å²) < 4.78 is 2.06. The average molecular weight is 439 g/mol. The van der Waals surface area contributed by atoms with Crippen LogP contribution in [0.2, 0.25) is 0 Å². The zero-order valence-corrected chi connectivity index (χ0v) is 18.7. The molecule has 31 heavy (non-hydrogen) atoms. The summed E-state index contributed by atoms with van der Waals surface area (Å²) in [6.45, 7) is 5.18. The second-order valence-corrected chi connectivity index (χ2v) is 8.93. The molecule has 162 valence electrons. The van der Waals surface area contributed by atoms with Crippen molar-refractivity contribution < 1.29 is 14.4 Å². The SMILES string of the molecule is Cc1cc(C=C2SC(=O)N(CC(=O)N3CCCCCC3)C2=O)c(C)n1-c1cccnc1. The Kier molecular flexibility index (Phi) is 6.27. The number of likely N-dealkylation sites (tertiary alicyclic amines) is 1. The van der Waals surface area contributed by atoms with Crippen molar-refractivity contribution in [3.05, 3.63) is 52.4 Å². The second-order valence-electron chi connectivity index (χ2n) is 7.94. The van der Waals surface area contributed by atoms with Gasteiger partial charge in [0.25, 0.3) is 11.1 Å². The van der Waals surface area contributed by atoms with Crippen molar-refractivity contribution in [1.82, 2.24) is 19.4 Å². The van der Waals surface area contributed by atoms with Crippen LogP contribution in [-0.2, 0) is 9.59 Å². The summed E-state index contributed by atoms with van der Waals surface area (Å²) in [5.74, 6) is -0.551. The summed E-state index contributed by atoms with van der Waals surface area (Å²) in [5.41, 5.74) is 3.77. The van der Waals surface area contributed by atoms with Gasteiger partial charge >= 0.3 is 0 Å². The number of aromatic nitrogens is 2. The molecule has 0 saturated carbocycles. The monoisotopic (exact) mass is 438 g/mol. The van der Waals surface area contributed by atoms with Crippen LogP contribution in [-0.4, -0.2) is 56.0 Å². The highest BCUT2D eigenvalue weighted by atomic mass is 32.2. The van der Waals surface area contributed by atoms with Crippen LogP contribution in [0.3, 0.4) is 0 Å². The van der Waals surface area contributed by atoms with Gasteiger partial charge < -0.3 is 9.47 Å². The average Bonchev–Trinajstić information content (AvgIpc) is 3.04. The highest BCUT2D eigenvalue weighted by Crippen LogP contribution is 2.33. The lowest BCUT2D eigenvalue weighted by molar-refractivity contribution is -0.135. The quantitative estimate of drug-likeness (QED) is 0.676. The van der Waals surface area contributed by atoms with Crippen LogP contribution in [0.25, 0.3) is 11.8 Å². The summed E-state index contributed by atoms with van der Waals surface area (Å²) in [6, 6.07) is 5.83. The van der Waals surface area contributed by atoms with E-state index in [-0.39, 0.29) is 17.7 Å². The minimum atomic E-state index is -0.399. The van der Waals surface area contributed by atoms with E-state index in [0.717, 1.165) is 65.0 Å². The zero-order valence-electron chi connectivity index (χ0n) is 17.8. The molecule has 2 aliphatic rings.